The molecular formula is C25H23ClF4N4O2S. The van der Waals surface area contributed by atoms with Crippen LogP contribution in [0.25, 0.3) is 22.0 Å². The van der Waals surface area contributed by atoms with Gasteiger partial charge in [0.2, 0.25) is 5.88 Å². The number of nitrogens with one attached hydrogen (secondary N) is 1. The average molecular weight is 555 g/mol. The van der Waals surface area contributed by atoms with Gasteiger partial charge in [0.05, 0.1) is 16.5 Å². The van der Waals surface area contributed by atoms with Gasteiger partial charge in [-0.2, -0.15) is 13.2 Å². The fourth-order valence-electron chi connectivity index (χ4n) is 5.92. The number of thioether (sulfide) groups is 1. The average Bonchev–Trinajstić information content (AvgIpc) is 3.13. The Bertz CT molecular complexity index is 1450. The Morgan fingerprint density at radius 1 is 1.19 bits per heavy atom. The lowest BCUT2D eigenvalue weighted by Crippen LogP contribution is -2.62. The van der Waals surface area contributed by atoms with Gasteiger partial charge in [-0.25, -0.2) is 14.4 Å². The zero-order valence-corrected chi connectivity index (χ0v) is 21.7. The molecule has 0 aliphatic carbocycles. The maximum absolute atomic E-state index is 16.4. The molecule has 0 saturated carbocycles. The van der Waals surface area contributed by atoms with Crippen LogP contribution >= 0.6 is 23.4 Å². The van der Waals surface area contributed by atoms with E-state index in [0.29, 0.717) is 29.0 Å². The first-order valence-corrected chi connectivity index (χ1v) is 13.1. The maximum atomic E-state index is 16.4. The summed E-state index contributed by atoms with van der Waals surface area (Å²) < 4.78 is 63.0. The number of alkyl halides is 3. The Morgan fingerprint density at radius 2 is 1.95 bits per heavy atom. The lowest BCUT2D eigenvalue weighted by Gasteiger charge is -2.43. The molecule has 4 atom stereocenters. The molecule has 3 aliphatic rings. The number of halogens is 5. The van der Waals surface area contributed by atoms with Crippen LogP contribution in [0, 0.1) is 19.7 Å². The summed E-state index contributed by atoms with van der Waals surface area (Å²) in [5.74, 6) is -0.563. The van der Waals surface area contributed by atoms with Gasteiger partial charge >= 0.3 is 5.51 Å². The van der Waals surface area contributed by atoms with Crippen molar-refractivity contribution in [3.05, 3.63) is 34.2 Å². The van der Waals surface area contributed by atoms with Crippen molar-refractivity contribution in [2.45, 2.75) is 68.2 Å². The number of rotatable bonds is 2. The molecule has 3 aliphatic heterocycles. The van der Waals surface area contributed by atoms with Crippen LogP contribution in [0.4, 0.5) is 23.4 Å². The van der Waals surface area contributed by atoms with E-state index in [9.17, 15) is 18.3 Å². The van der Waals surface area contributed by atoms with Gasteiger partial charge in [0.1, 0.15) is 23.4 Å². The van der Waals surface area contributed by atoms with Gasteiger partial charge in [0, 0.05) is 40.2 Å². The monoisotopic (exact) mass is 554 g/mol. The van der Waals surface area contributed by atoms with E-state index >= 15 is 4.39 Å². The van der Waals surface area contributed by atoms with Gasteiger partial charge in [-0.1, -0.05) is 11.6 Å². The number of benzene rings is 1. The van der Waals surface area contributed by atoms with E-state index in [1.807, 2.05) is 6.92 Å². The second-order valence-corrected chi connectivity index (χ2v) is 11.3. The summed E-state index contributed by atoms with van der Waals surface area (Å²) in [5, 5.41) is 14.0. The number of hydrogen-bond donors (Lipinski definition) is 2. The number of aromatic nitrogens is 2. The van der Waals surface area contributed by atoms with Gasteiger partial charge in [-0.15, -0.1) is 0 Å². The first-order valence-electron chi connectivity index (χ1n) is 11.9. The summed E-state index contributed by atoms with van der Waals surface area (Å²) in [7, 11) is 0. The first kappa shape index (κ1) is 24.8. The summed E-state index contributed by atoms with van der Waals surface area (Å²) in [6, 6.07) is 2.39. The van der Waals surface area contributed by atoms with E-state index in [4.69, 9.17) is 21.3 Å². The van der Waals surface area contributed by atoms with E-state index in [1.54, 1.807) is 13.8 Å². The largest absolute Gasteiger partial charge is 0.508 e. The minimum atomic E-state index is -4.70. The number of ether oxygens (including phenoxy) is 1. The summed E-state index contributed by atoms with van der Waals surface area (Å²) in [5.41, 5.74) is -4.21. The van der Waals surface area contributed by atoms with Gasteiger partial charge in [-0.05, 0) is 63.1 Å². The highest BCUT2D eigenvalue weighted by Gasteiger charge is 2.47. The van der Waals surface area contributed by atoms with E-state index in [0.717, 1.165) is 25.0 Å². The molecule has 2 aromatic heterocycles. The zero-order chi connectivity index (χ0) is 26.4. The Labute approximate surface area is 219 Å². The number of anilines is 1. The Kier molecular flexibility index (Phi) is 5.70. The molecule has 6 nitrogen and oxygen atoms in total. The van der Waals surface area contributed by atoms with Crippen molar-refractivity contribution in [3.63, 3.8) is 0 Å². The molecule has 2 fully saturated rings. The molecule has 12 heteroatoms. The van der Waals surface area contributed by atoms with Crippen LogP contribution in [-0.2, 0) is 0 Å². The highest BCUT2D eigenvalue weighted by Crippen LogP contribution is 2.50. The lowest BCUT2D eigenvalue weighted by molar-refractivity contribution is -0.0328. The molecule has 0 amide bonds. The smallest absolute Gasteiger partial charge is 0.446 e. The fraction of sp³-hybridized carbons (Fsp3) is 0.440. The van der Waals surface area contributed by atoms with Crippen molar-refractivity contribution in [3.8, 4) is 22.9 Å². The van der Waals surface area contributed by atoms with Gasteiger partial charge in [0.15, 0.2) is 5.82 Å². The number of phenolic OH excluding ortho intramolecular Hbond substituents is 1. The normalized spacial score (nSPS) is 24.7. The molecule has 3 aromatic rings. The number of piperazine rings is 1. The molecule has 196 valence electrons. The number of aryl methyl sites for hydroxylation is 2. The second kappa shape index (κ2) is 8.51. The topological polar surface area (TPSA) is 70.5 Å². The maximum Gasteiger partial charge on any atom is 0.446 e. The van der Waals surface area contributed by atoms with Gasteiger partial charge in [-0.3, -0.25) is 0 Å². The molecule has 37 heavy (non-hydrogen) atoms. The van der Waals surface area contributed by atoms with Crippen molar-refractivity contribution in [1.82, 2.24) is 15.3 Å². The molecular weight excluding hydrogens is 532 g/mol. The van der Waals surface area contributed by atoms with Crippen LogP contribution in [0.2, 0.25) is 5.02 Å². The quantitative estimate of drug-likeness (QED) is 0.292. The number of hydrogen-bond acceptors (Lipinski definition) is 7. The van der Waals surface area contributed by atoms with Crippen molar-refractivity contribution in [1.29, 1.82) is 0 Å². The van der Waals surface area contributed by atoms with Crippen molar-refractivity contribution < 1.29 is 27.4 Å². The van der Waals surface area contributed by atoms with Crippen molar-refractivity contribution >= 4 is 40.0 Å². The summed E-state index contributed by atoms with van der Waals surface area (Å²) in [6.07, 6.45) is 1.63. The number of phenols is 1. The Morgan fingerprint density at radius 3 is 2.68 bits per heavy atom. The second-order valence-electron chi connectivity index (χ2n) is 9.84. The van der Waals surface area contributed by atoms with Crippen LogP contribution in [0.5, 0.6) is 11.6 Å². The Hall–Kier alpha value is -2.50. The van der Waals surface area contributed by atoms with E-state index in [-0.39, 0.29) is 51.8 Å². The third-order valence-electron chi connectivity index (χ3n) is 7.54. The predicted octanol–water partition coefficient (Wildman–Crippen LogP) is 6.11. The molecule has 0 unspecified atom stereocenters. The number of pyridine rings is 2. The number of aromatic hydroxyl groups is 1. The van der Waals surface area contributed by atoms with E-state index in [2.05, 4.69) is 15.2 Å². The van der Waals surface area contributed by atoms with Crippen LogP contribution in [0.15, 0.2) is 17.0 Å². The van der Waals surface area contributed by atoms with Gasteiger partial charge in [0.25, 0.3) is 0 Å². The molecule has 2 bridgehead atoms. The van der Waals surface area contributed by atoms with Crippen molar-refractivity contribution in [2.24, 2.45) is 0 Å². The highest BCUT2D eigenvalue weighted by atomic mass is 35.5. The number of nitrogens with zero attached hydrogens (tertiary/aromatic N) is 3. The van der Waals surface area contributed by atoms with Crippen LogP contribution in [-0.4, -0.2) is 51.4 Å². The van der Waals surface area contributed by atoms with E-state index < -0.39 is 33.7 Å². The summed E-state index contributed by atoms with van der Waals surface area (Å²) in [6.45, 7) is 6.08. The van der Waals surface area contributed by atoms with E-state index in [1.165, 1.54) is 0 Å². The molecule has 2 saturated heterocycles. The minimum absolute atomic E-state index is 0.0798. The molecule has 2 N–H and O–H groups in total. The van der Waals surface area contributed by atoms with Crippen LogP contribution in [0.1, 0.15) is 31.0 Å². The third-order valence-corrected chi connectivity index (χ3v) is 8.82. The molecule has 5 heterocycles. The number of fused-ring (bicyclic) bond motifs is 5. The molecule has 0 spiro atoms. The molecule has 0 radical (unpaired) electrons. The highest BCUT2D eigenvalue weighted by molar-refractivity contribution is 8.00. The third kappa shape index (κ3) is 3.97. The molecule has 1 aromatic carbocycles. The standard InChI is InChI=1S/C25H23ClF4N4O2S/c1-9-10(2)31-23-18-17(9)19(27)20(14-6-13(35)7-15(26)22(14)37-25(28,29)30)33-24(18)36-11(3)21-16-5-4-12(32-16)8-34(21)23/h6-7,11-12,16,21,32,35H,4-5,8H2,1-3H3/t11-,12+,16-,21+/m0/s1. The minimum Gasteiger partial charge on any atom is -0.508 e. The summed E-state index contributed by atoms with van der Waals surface area (Å²) in [4.78, 5) is 11.0. The SMILES string of the molecule is Cc1nc2c3c(nc(-c4cc(O)cc(Cl)c4SC(F)(F)F)c(F)c3c1C)O[C@@H](C)[C@@H]1[C@@H]3CC[C@H](CN21)N3. The zero-order valence-electron chi connectivity index (χ0n) is 20.1. The first-order chi connectivity index (χ1) is 17.4. The fourth-order valence-corrected chi connectivity index (χ4v) is 6.90. The molecule has 6 rings (SSSR count). The van der Waals surface area contributed by atoms with Crippen LogP contribution < -0.4 is 15.0 Å². The van der Waals surface area contributed by atoms with Gasteiger partial charge < -0.3 is 20.1 Å². The lowest BCUT2D eigenvalue weighted by atomic mass is 9.98. The Balaban J connectivity index is 1.65. The predicted molar refractivity (Wildman–Crippen MR) is 134 cm³/mol. The van der Waals surface area contributed by atoms with Crippen molar-refractivity contribution in [2.75, 3.05) is 11.4 Å². The van der Waals surface area contributed by atoms with Crippen LogP contribution in [0.3, 0.4) is 0 Å². The summed E-state index contributed by atoms with van der Waals surface area (Å²) >= 11 is 5.63.